The van der Waals surface area contributed by atoms with E-state index in [0.717, 1.165) is 22.4 Å². The molecule has 124 valence electrons. The number of benzene rings is 2. The van der Waals surface area contributed by atoms with Gasteiger partial charge in [-0.05, 0) is 42.7 Å². The Balaban J connectivity index is 1.64. The van der Waals surface area contributed by atoms with Gasteiger partial charge in [0.1, 0.15) is 0 Å². The largest absolute Gasteiger partial charge is 0.352 e. The number of amides is 2. The molecule has 0 aliphatic carbocycles. The molecule has 2 amide bonds. The Morgan fingerprint density at radius 2 is 1.79 bits per heavy atom. The van der Waals surface area contributed by atoms with Gasteiger partial charge in [-0.2, -0.15) is 0 Å². The molecule has 1 atom stereocenters. The van der Waals surface area contributed by atoms with Crippen molar-refractivity contribution in [1.82, 2.24) is 5.32 Å². The number of anilines is 1. The molecule has 2 aromatic rings. The number of nitrogens with zero attached hydrogens (tertiary/aromatic N) is 1. The Morgan fingerprint density at radius 1 is 1.12 bits per heavy atom. The first-order valence-corrected chi connectivity index (χ1v) is 8.23. The molecule has 1 aliphatic heterocycles. The van der Waals surface area contributed by atoms with Crippen LogP contribution in [0.4, 0.5) is 5.69 Å². The topological polar surface area (TPSA) is 49.4 Å². The summed E-state index contributed by atoms with van der Waals surface area (Å²) in [6, 6.07) is 15.9. The van der Waals surface area contributed by atoms with Crippen LogP contribution < -0.4 is 10.2 Å². The van der Waals surface area contributed by atoms with Crippen LogP contribution in [-0.4, -0.2) is 18.4 Å². The predicted molar refractivity (Wildman–Crippen MR) is 94.7 cm³/mol. The van der Waals surface area contributed by atoms with Gasteiger partial charge in [-0.15, -0.1) is 0 Å². The lowest BCUT2D eigenvalue weighted by Crippen LogP contribution is -2.32. The number of carbonyl (C=O) groups excluding carboxylic acids is 2. The molecule has 0 radical (unpaired) electrons. The van der Waals surface area contributed by atoms with Crippen LogP contribution in [0.25, 0.3) is 0 Å². The van der Waals surface area contributed by atoms with Crippen LogP contribution in [-0.2, 0) is 16.1 Å². The Labute approximate surface area is 142 Å². The smallest absolute Gasteiger partial charge is 0.227 e. The van der Waals surface area contributed by atoms with E-state index < -0.39 is 0 Å². The van der Waals surface area contributed by atoms with E-state index in [9.17, 15) is 9.59 Å². The summed E-state index contributed by atoms with van der Waals surface area (Å²) in [5, 5.41) is 2.94. The maximum absolute atomic E-state index is 12.4. The van der Waals surface area contributed by atoms with Crippen LogP contribution in [0.5, 0.6) is 0 Å². The van der Waals surface area contributed by atoms with E-state index in [1.165, 1.54) is 0 Å². The summed E-state index contributed by atoms with van der Waals surface area (Å²) in [5.74, 6) is -0.332. The highest BCUT2D eigenvalue weighted by atomic mass is 16.2. The van der Waals surface area contributed by atoms with E-state index >= 15 is 0 Å². The molecule has 1 N–H and O–H groups in total. The first-order valence-electron chi connectivity index (χ1n) is 8.23. The molecule has 0 spiro atoms. The fourth-order valence-electron chi connectivity index (χ4n) is 3.17. The van der Waals surface area contributed by atoms with Crippen LogP contribution in [0.15, 0.2) is 48.5 Å². The van der Waals surface area contributed by atoms with E-state index in [-0.39, 0.29) is 24.2 Å². The lowest BCUT2D eigenvalue weighted by atomic mass is 10.1. The molecule has 0 saturated carbocycles. The third-order valence-corrected chi connectivity index (χ3v) is 4.32. The second kappa shape index (κ2) is 6.87. The fourth-order valence-corrected chi connectivity index (χ4v) is 3.17. The number of nitrogens with one attached hydrogen (secondary N) is 1. The lowest BCUT2D eigenvalue weighted by Gasteiger charge is -2.18. The van der Waals surface area contributed by atoms with Crippen molar-refractivity contribution in [2.45, 2.75) is 26.8 Å². The van der Waals surface area contributed by atoms with Crippen LogP contribution in [0.2, 0.25) is 0 Å². The van der Waals surface area contributed by atoms with Gasteiger partial charge in [0.05, 0.1) is 5.92 Å². The SMILES string of the molecule is Cc1cc(C)cc(N2C[C@H](C(=O)NCc3ccccc3)CC2=O)c1. The zero-order valence-corrected chi connectivity index (χ0v) is 14.1. The van der Waals surface area contributed by atoms with Crippen molar-refractivity contribution in [3.63, 3.8) is 0 Å². The second-order valence-electron chi connectivity index (χ2n) is 6.45. The van der Waals surface area contributed by atoms with Crippen molar-refractivity contribution < 1.29 is 9.59 Å². The molecular weight excluding hydrogens is 300 g/mol. The Morgan fingerprint density at radius 3 is 2.46 bits per heavy atom. The van der Waals surface area contributed by atoms with Crippen molar-refractivity contribution in [3.8, 4) is 0 Å². The Hall–Kier alpha value is -2.62. The molecule has 1 saturated heterocycles. The molecule has 4 heteroatoms. The van der Waals surface area contributed by atoms with Gasteiger partial charge in [0.2, 0.25) is 11.8 Å². The van der Waals surface area contributed by atoms with Gasteiger partial charge in [0, 0.05) is 25.2 Å². The van der Waals surface area contributed by atoms with E-state index in [2.05, 4.69) is 11.4 Å². The van der Waals surface area contributed by atoms with Crippen LogP contribution >= 0.6 is 0 Å². The molecule has 24 heavy (non-hydrogen) atoms. The average molecular weight is 322 g/mol. The van der Waals surface area contributed by atoms with Gasteiger partial charge in [-0.1, -0.05) is 36.4 Å². The number of rotatable bonds is 4. The molecule has 0 aromatic heterocycles. The summed E-state index contributed by atoms with van der Waals surface area (Å²) in [4.78, 5) is 26.4. The highest BCUT2D eigenvalue weighted by Crippen LogP contribution is 2.27. The third-order valence-electron chi connectivity index (χ3n) is 4.32. The number of hydrogen-bond acceptors (Lipinski definition) is 2. The first-order chi connectivity index (χ1) is 11.5. The standard InChI is InChI=1S/C20H22N2O2/c1-14-8-15(2)10-18(9-14)22-13-17(11-19(22)23)20(24)21-12-16-6-4-3-5-7-16/h3-10,17H,11-13H2,1-2H3,(H,21,24)/t17-/m1/s1. The van der Waals surface area contributed by atoms with Crippen molar-refractivity contribution >= 4 is 17.5 Å². The maximum Gasteiger partial charge on any atom is 0.227 e. The molecule has 1 aliphatic rings. The molecule has 0 unspecified atom stereocenters. The minimum absolute atomic E-state index is 0.0138. The molecule has 1 heterocycles. The van der Waals surface area contributed by atoms with Crippen LogP contribution in [0.1, 0.15) is 23.1 Å². The molecule has 2 aromatic carbocycles. The quantitative estimate of drug-likeness (QED) is 0.941. The monoisotopic (exact) mass is 322 g/mol. The van der Waals surface area contributed by atoms with Crippen LogP contribution in [0, 0.1) is 19.8 Å². The van der Waals surface area contributed by atoms with E-state index in [0.29, 0.717) is 13.1 Å². The van der Waals surface area contributed by atoms with E-state index in [1.54, 1.807) is 4.90 Å². The van der Waals surface area contributed by atoms with Gasteiger partial charge in [0.15, 0.2) is 0 Å². The normalized spacial score (nSPS) is 17.2. The molecule has 0 bridgehead atoms. The second-order valence-corrected chi connectivity index (χ2v) is 6.45. The Kier molecular flexibility index (Phi) is 4.65. The summed E-state index contributed by atoms with van der Waals surface area (Å²) in [6.45, 7) is 4.97. The molecule has 3 rings (SSSR count). The maximum atomic E-state index is 12.4. The van der Waals surface area contributed by atoms with Crippen molar-refractivity contribution in [2.24, 2.45) is 5.92 Å². The fraction of sp³-hybridized carbons (Fsp3) is 0.300. The lowest BCUT2D eigenvalue weighted by molar-refractivity contribution is -0.126. The summed E-state index contributed by atoms with van der Waals surface area (Å²) in [6.07, 6.45) is 0.271. The van der Waals surface area contributed by atoms with Gasteiger partial charge >= 0.3 is 0 Å². The zero-order chi connectivity index (χ0) is 17.1. The van der Waals surface area contributed by atoms with Crippen molar-refractivity contribution in [3.05, 3.63) is 65.2 Å². The summed E-state index contributed by atoms with van der Waals surface area (Å²) < 4.78 is 0. The van der Waals surface area contributed by atoms with Gasteiger partial charge in [-0.3, -0.25) is 9.59 Å². The highest BCUT2D eigenvalue weighted by Gasteiger charge is 2.35. The highest BCUT2D eigenvalue weighted by molar-refractivity contribution is 6.00. The summed E-state index contributed by atoms with van der Waals surface area (Å²) in [5.41, 5.74) is 4.18. The number of hydrogen-bond donors (Lipinski definition) is 1. The molecule has 4 nitrogen and oxygen atoms in total. The number of aryl methyl sites for hydroxylation is 2. The average Bonchev–Trinajstić information content (AvgIpc) is 2.95. The molecular formula is C20H22N2O2. The third kappa shape index (κ3) is 3.65. The van der Waals surface area contributed by atoms with E-state index in [4.69, 9.17) is 0 Å². The molecule has 1 fully saturated rings. The van der Waals surface area contributed by atoms with Gasteiger partial charge < -0.3 is 10.2 Å². The minimum atomic E-state index is -0.290. The first kappa shape index (κ1) is 16.2. The Bertz CT molecular complexity index is 735. The van der Waals surface area contributed by atoms with Gasteiger partial charge in [-0.25, -0.2) is 0 Å². The van der Waals surface area contributed by atoms with E-state index in [1.807, 2.05) is 56.3 Å². The number of carbonyl (C=O) groups is 2. The zero-order valence-electron chi connectivity index (χ0n) is 14.1. The minimum Gasteiger partial charge on any atom is -0.352 e. The van der Waals surface area contributed by atoms with Crippen molar-refractivity contribution in [1.29, 1.82) is 0 Å². The summed E-state index contributed by atoms with van der Waals surface area (Å²) >= 11 is 0. The predicted octanol–water partition coefficient (Wildman–Crippen LogP) is 2.97. The summed E-state index contributed by atoms with van der Waals surface area (Å²) in [7, 11) is 0. The van der Waals surface area contributed by atoms with Crippen molar-refractivity contribution in [2.75, 3.05) is 11.4 Å². The van der Waals surface area contributed by atoms with Gasteiger partial charge in [0.25, 0.3) is 0 Å². The van der Waals surface area contributed by atoms with Crippen LogP contribution in [0.3, 0.4) is 0 Å².